The maximum Gasteiger partial charge on any atom is 0.417 e. The summed E-state index contributed by atoms with van der Waals surface area (Å²) in [7, 11) is 0. The largest absolute Gasteiger partial charge is 0.417 e. The summed E-state index contributed by atoms with van der Waals surface area (Å²) in [6.07, 6.45) is -1.38. The summed E-state index contributed by atoms with van der Waals surface area (Å²) >= 11 is 5.59. The Balaban J connectivity index is 1.47. The number of anilines is 2. The van der Waals surface area contributed by atoms with Crippen LogP contribution in [0, 0.1) is 0 Å². The summed E-state index contributed by atoms with van der Waals surface area (Å²) < 4.78 is 40.2. The van der Waals surface area contributed by atoms with Gasteiger partial charge in [0.1, 0.15) is 6.54 Å². The topological polar surface area (TPSA) is 102 Å². The van der Waals surface area contributed by atoms with Crippen LogP contribution in [-0.4, -0.2) is 25.9 Å². The molecule has 0 spiro atoms. The Morgan fingerprint density at radius 3 is 2.77 bits per heavy atom. The van der Waals surface area contributed by atoms with E-state index in [0.29, 0.717) is 5.82 Å². The number of carbonyl (C=O) groups excluding carboxylic acids is 1. The Bertz CT molecular complexity index is 1250. The van der Waals surface area contributed by atoms with Gasteiger partial charge >= 0.3 is 6.18 Å². The standard InChI is InChI=1S/C19H14ClF3N6O/c20-15-4-2-12(6-14(15)19(21,22)23)26-17(30)9-29-8-11(7-25-29)10-1-3-13-16(5-10)27-28-18(13)24/h1-8H,9H2,(H,26,30)(H3,24,27,28). The van der Waals surface area contributed by atoms with Crippen molar-refractivity contribution >= 4 is 39.9 Å². The third kappa shape index (κ3) is 3.94. The average molecular weight is 435 g/mol. The Morgan fingerprint density at radius 2 is 2.00 bits per heavy atom. The predicted molar refractivity (Wildman–Crippen MR) is 107 cm³/mol. The number of benzene rings is 2. The Labute approximate surface area is 172 Å². The van der Waals surface area contributed by atoms with Crippen molar-refractivity contribution in [3.63, 3.8) is 0 Å². The van der Waals surface area contributed by atoms with Crippen molar-refractivity contribution in [2.75, 3.05) is 11.1 Å². The second-order valence-corrected chi connectivity index (χ2v) is 6.94. The third-order valence-electron chi connectivity index (χ3n) is 4.42. The summed E-state index contributed by atoms with van der Waals surface area (Å²) in [5.74, 6) is -0.128. The van der Waals surface area contributed by atoms with Crippen molar-refractivity contribution in [3.05, 3.63) is 59.4 Å². The fraction of sp³-hybridized carbons (Fsp3) is 0.105. The van der Waals surface area contributed by atoms with Gasteiger partial charge in [0.2, 0.25) is 5.91 Å². The smallest absolute Gasteiger partial charge is 0.382 e. The van der Waals surface area contributed by atoms with Crippen molar-refractivity contribution in [3.8, 4) is 11.1 Å². The second kappa shape index (κ2) is 7.38. The summed E-state index contributed by atoms with van der Waals surface area (Å²) in [4.78, 5) is 12.2. The molecular formula is C19H14ClF3N6O. The highest BCUT2D eigenvalue weighted by atomic mass is 35.5. The number of rotatable bonds is 4. The predicted octanol–water partition coefficient (Wildman–Crippen LogP) is 4.32. The Kier molecular flexibility index (Phi) is 4.86. The quantitative estimate of drug-likeness (QED) is 0.445. The van der Waals surface area contributed by atoms with Crippen LogP contribution in [0.15, 0.2) is 48.8 Å². The van der Waals surface area contributed by atoms with Gasteiger partial charge in [-0.1, -0.05) is 17.7 Å². The van der Waals surface area contributed by atoms with Crippen LogP contribution >= 0.6 is 11.6 Å². The Morgan fingerprint density at radius 1 is 1.20 bits per heavy atom. The number of fused-ring (bicyclic) bond motifs is 1. The number of halogens is 4. The van der Waals surface area contributed by atoms with Gasteiger partial charge in [-0.3, -0.25) is 14.6 Å². The number of alkyl halides is 3. The van der Waals surface area contributed by atoms with E-state index in [4.69, 9.17) is 17.3 Å². The number of aromatic amines is 1. The normalized spacial score (nSPS) is 11.7. The highest BCUT2D eigenvalue weighted by Gasteiger charge is 2.33. The van der Waals surface area contributed by atoms with E-state index in [1.54, 1.807) is 12.4 Å². The fourth-order valence-electron chi connectivity index (χ4n) is 2.99. The molecule has 0 atom stereocenters. The number of carbonyl (C=O) groups is 1. The van der Waals surface area contributed by atoms with Crippen molar-refractivity contribution in [2.45, 2.75) is 12.7 Å². The van der Waals surface area contributed by atoms with E-state index in [0.717, 1.165) is 34.2 Å². The van der Waals surface area contributed by atoms with Crippen LogP contribution in [0.4, 0.5) is 24.7 Å². The van der Waals surface area contributed by atoms with Crippen molar-refractivity contribution in [2.24, 2.45) is 0 Å². The van der Waals surface area contributed by atoms with Crippen molar-refractivity contribution in [1.82, 2.24) is 20.0 Å². The van der Waals surface area contributed by atoms with Gasteiger partial charge in [0, 0.05) is 22.8 Å². The van der Waals surface area contributed by atoms with Crippen LogP contribution in [0.1, 0.15) is 5.56 Å². The molecule has 11 heteroatoms. The Hall–Kier alpha value is -3.53. The highest BCUT2D eigenvalue weighted by Crippen LogP contribution is 2.36. The van der Waals surface area contributed by atoms with Crippen LogP contribution in [-0.2, 0) is 17.5 Å². The van der Waals surface area contributed by atoms with Gasteiger partial charge in [-0.15, -0.1) is 0 Å². The number of hydrogen-bond donors (Lipinski definition) is 3. The molecule has 4 aromatic rings. The molecule has 0 fully saturated rings. The van der Waals surface area contributed by atoms with Crippen LogP contribution in [0.5, 0.6) is 0 Å². The van der Waals surface area contributed by atoms with E-state index in [-0.39, 0.29) is 12.2 Å². The number of hydrogen-bond acceptors (Lipinski definition) is 4. The summed E-state index contributed by atoms with van der Waals surface area (Å²) in [5, 5.41) is 13.7. The lowest BCUT2D eigenvalue weighted by Gasteiger charge is -2.11. The van der Waals surface area contributed by atoms with Crippen molar-refractivity contribution in [1.29, 1.82) is 0 Å². The minimum Gasteiger partial charge on any atom is -0.382 e. The molecule has 1 amide bonds. The fourth-order valence-corrected chi connectivity index (χ4v) is 3.21. The molecule has 0 aliphatic heterocycles. The zero-order valence-corrected chi connectivity index (χ0v) is 15.9. The number of aromatic nitrogens is 4. The van der Waals surface area contributed by atoms with Gasteiger partial charge in [-0.25, -0.2) is 0 Å². The van der Waals surface area contributed by atoms with E-state index in [1.165, 1.54) is 10.7 Å². The monoisotopic (exact) mass is 434 g/mol. The number of H-pyrrole nitrogens is 1. The molecule has 4 rings (SSSR count). The van der Waals surface area contributed by atoms with Crippen LogP contribution in [0.25, 0.3) is 22.0 Å². The number of nitrogens with two attached hydrogens (primary N) is 1. The molecule has 154 valence electrons. The molecule has 2 aromatic carbocycles. The first-order valence-electron chi connectivity index (χ1n) is 8.64. The molecule has 0 aliphatic carbocycles. The molecule has 4 N–H and O–H groups in total. The van der Waals surface area contributed by atoms with E-state index in [1.807, 2.05) is 18.2 Å². The number of nitrogens with zero attached hydrogens (tertiary/aromatic N) is 3. The van der Waals surface area contributed by atoms with Crippen LogP contribution in [0.2, 0.25) is 5.02 Å². The summed E-state index contributed by atoms with van der Waals surface area (Å²) in [6.45, 7) is -0.177. The first-order chi connectivity index (χ1) is 14.2. The molecule has 0 saturated heterocycles. The maximum absolute atomic E-state index is 13.0. The SMILES string of the molecule is Nc1n[nH]c2cc(-c3cnn(CC(=O)Nc4ccc(Cl)c(C(F)(F)F)c4)c3)ccc12. The highest BCUT2D eigenvalue weighted by molar-refractivity contribution is 6.31. The van der Waals surface area contributed by atoms with Gasteiger partial charge in [-0.2, -0.15) is 23.4 Å². The maximum atomic E-state index is 13.0. The molecule has 0 aliphatic rings. The molecule has 30 heavy (non-hydrogen) atoms. The van der Waals surface area contributed by atoms with E-state index in [9.17, 15) is 18.0 Å². The first kappa shape index (κ1) is 19.8. The van der Waals surface area contributed by atoms with E-state index < -0.39 is 22.7 Å². The van der Waals surface area contributed by atoms with Gasteiger partial charge in [0.25, 0.3) is 0 Å². The molecule has 2 aromatic heterocycles. The summed E-state index contributed by atoms with van der Waals surface area (Å²) in [5.41, 5.74) is 7.09. The number of amides is 1. The molecule has 0 bridgehead atoms. The molecule has 7 nitrogen and oxygen atoms in total. The van der Waals surface area contributed by atoms with Gasteiger partial charge in [0.05, 0.1) is 22.3 Å². The average Bonchev–Trinajstić information content (AvgIpc) is 3.29. The van der Waals surface area contributed by atoms with E-state index >= 15 is 0 Å². The van der Waals surface area contributed by atoms with Gasteiger partial charge in [-0.05, 0) is 35.9 Å². The van der Waals surface area contributed by atoms with Crippen LogP contribution in [0.3, 0.4) is 0 Å². The first-order valence-corrected chi connectivity index (χ1v) is 9.01. The second-order valence-electron chi connectivity index (χ2n) is 6.54. The molecular weight excluding hydrogens is 421 g/mol. The van der Waals surface area contributed by atoms with Crippen molar-refractivity contribution < 1.29 is 18.0 Å². The minimum absolute atomic E-state index is 0.00797. The molecule has 0 saturated carbocycles. The van der Waals surface area contributed by atoms with E-state index in [2.05, 4.69) is 20.6 Å². The zero-order chi connectivity index (χ0) is 21.5. The molecule has 0 unspecified atom stereocenters. The van der Waals surface area contributed by atoms with Crippen LogP contribution < -0.4 is 11.1 Å². The molecule has 2 heterocycles. The lowest BCUT2D eigenvalue weighted by Crippen LogP contribution is -2.19. The third-order valence-corrected chi connectivity index (χ3v) is 4.75. The zero-order valence-electron chi connectivity index (χ0n) is 15.2. The van der Waals surface area contributed by atoms with Gasteiger partial charge < -0.3 is 11.1 Å². The number of nitrogen functional groups attached to an aromatic ring is 1. The lowest BCUT2D eigenvalue weighted by atomic mass is 10.1. The number of nitrogens with one attached hydrogen (secondary N) is 2. The molecule has 0 radical (unpaired) electrons. The van der Waals surface area contributed by atoms with Gasteiger partial charge in [0.15, 0.2) is 5.82 Å². The summed E-state index contributed by atoms with van der Waals surface area (Å²) in [6, 6.07) is 8.71. The lowest BCUT2D eigenvalue weighted by molar-refractivity contribution is -0.137. The minimum atomic E-state index is -4.62.